The number of unbranched alkanes of at least 4 members (excludes halogenated alkanes) is 1. The van der Waals surface area contributed by atoms with Gasteiger partial charge in [0.1, 0.15) is 0 Å². The summed E-state index contributed by atoms with van der Waals surface area (Å²) in [5, 5.41) is 2.81. The molecule has 0 saturated heterocycles. The molecule has 1 aromatic rings. The fourth-order valence-electron chi connectivity index (χ4n) is 0.983. The van der Waals surface area contributed by atoms with Gasteiger partial charge in [0, 0.05) is 13.0 Å². The van der Waals surface area contributed by atoms with Gasteiger partial charge in [-0.1, -0.05) is 0 Å². The molecule has 0 unspecified atom stereocenters. The number of thiophene rings is 1. The van der Waals surface area contributed by atoms with Crippen LogP contribution in [0.25, 0.3) is 0 Å². The average molecular weight is 351 g/mol. The Balaban J connectivity index is 2.48. The zero-order chi connectivity index (χ0) is 11.3. The Morgan fingerprint density at radius 2 is 2.33 bits per heavy atom. The van der Waals surface area contributed by atoms with Crippen LogP contribution in [0.1, 0.15) is 23.2 Å². The van der Waals surface area contributed by atoms with E-state index in [1.807, 2.05) is 0 Å². The van der Waals surface area contributed by atoms with Crippen molar-refractivity contribution in [3.05, 3.63) is 19.2 Å². The van der Waals surface area contributed by atoms with Gasteiger partial charge in [-0.05, 0) is 44.3 Å². The Kier molecular flexibility index (Phi) is 5.37. The first-order valence-electron chi connectivity index (χ1n) is 4.31. The van der Waals surface area contributed by atoms with Crippen LogP contribution in [0.15, 0.2) is 13.6 Å². The third-order valence-corrected chi connectivity index (χ3v) is 4.02. The predicted molar refractivity (Wildman–Crippen MR) is 70.1 cm³/mol. The van der Waals surface area contributed by atoms with Crippen molar-refractivity contribution < 1.29 is 4.79 Å². The Hall–Kier alpha value is -0.310. The molecule has 0 spiro atoms. The van der Waals surface area contributed by atoms with Gasteiger partial charge in [-0.3, -0.25) is 4.79 Å². The number of amides is 1. The first-order chi connectivity index (χ1) is 7.15. The van der Waals surface area contributed by atoms with Crippen LogP contribution in [-0.4, -0.2) is 12.5 Å². The van der Waals surface area contributed by atoms with Crippen molar-refractivity contribution in [1.82, 2.24) is 5.32 Å². The lowest BCUT2D eigenvalue weighted by Crippen LogP contribution is -2.24. The number of rotatable bonds is 4. The largest absolute Gasteiger partial charge is 0.352 e. The van der Waals surface area contributed by atoms with Crippen molar-refractivity contribution in [2.75, 3.05) is 6.54 Å². The highest BCUT2D eigenvalue weighted by molar-refractivity contribution is 9.12. The average Bonchev–Trinajstić information content (AvgIpc) is 2.52. The smallest absolute Gasteiger partial charge is 0.253 e. The first-order valence-corrected chi connectivity index (χ1v) is 6.72. The lowest BCUT2D eigenvalue weighted by molar-refractivity contribution is 0.0953. The highest BCUT2D eigenvalue weighted by Gasteiger charge is 2.12. The first kappa shape index (κ1) is 12.8. The van der Waals surface area contributed by atoms with E-state index >= 15 is 0 Å². The lowest BCUT2D eigenvalue weighted by atomic mass is 10.3. The van der Waals surface area contributed by atoms with Crippen LogP contribution in [0.5, 0.6) is 0 Å². The van der Waals surface area contributed by atoms with Crippen LogP contribution in [0.4, 0.5) is 0 Å². The molecule has 0 aliphatic carbocycles. The van der Waals surface area contributed by atoms with Crippen molar-refractivity contribution in [3.63, 3.8) is 0 Å². The van der Waals surface area contributed by atoms with Gasteiger partial charge in [-0.2, -0.15) is 0 Å². The number of carbonyl (C=O) groups is 1. The van der Waals surface area contributed by atoms with Gasteiger partial charge < -0.3 is 5.32 Å². The van der Waals surface area contributed by atoms with E-state index in [1.54, 1.807) is 6.07 Å². The molecule has 5 heteroatoms. The highest BCUT2D eigenvalue weighted by atomic mass is 79.9. The van der Waals surface area contributed by atoms with Gasteiger partial charge in [0.05, 0.1) is 13.1 Å². The quantitative estimate of drug-likeness (QED) is 0.654. The van der Waals surface area contributed by atoms with Crippen LogP contribution < -0.4 is 5.32 Å². The zero-order valence-electron chi connectivity index (χ0n) is 7.85. The molecule has 0 fully saturated rings. The Labute approximate surface area is 110 Å². The van der Waals surface area contributed by atoms with Gasteiger partial charge in [-0.25, -0.2) is 0 Å². The minimum atomic E-state index is -0.0687. The Morgan fingerprint density at radius 3 is 2.87 bits per heavy atom. The molecule has 80 valence electrons. The molecule has 15 heavy (non-hydrogen) atoms. The standard InChI is InChI=1S/C10H9Br2NOS/c1-2-3-4-5-13-10(14)7-6-8(11)15-9(7)12/h1,6H,3-5H2,(H,13,14). The van der Waals surface area contributed by atoms with Crippen molar-refractivity contribution in [2.24, 2.45) is 0 Å². The maximum Gasteiger partial charge on any atom is 0.253 e. The topological polar surface area (TPSA) is 29.1 Å². The molecular formula is C10H9Br2NOS. The normalized spacial score (nSPS) is 9.67. The molecule has 0 saturated carbocycles. The van der Waals surface area contributed by atoms with Crippen LogP contribution in [0.3, 0.4) is 0 Å². The van der Waals surface area contributed by atoms with E-state index in [0.29, 0.717) is 18.5 Å². The molecule has 1 aromatic heterocycles. The molecule has 2 nitrogen and oxygen atoms in total. The molecule has 0 radical (unpaired) electrons. The fourth-order valence-corrected chi connectivity index (χ4v) is 3.78. The van der Waals surface area contributed by atoms with Gasteiger partial charge in [-0.15, -0.1) is 23.7 Å². The molecule has 0 aliphatic rings. The minimum absolute atomic E-state index is 0.0687. The molecule has 1 amide bonds. The highest BCUT2D eigenvalue weighted by Crippen LogP contribution is 2.31. The van der Waals surface area contributed by atoms with Gasteiger partial charge in [0.2, 0.25) is 0 Å². The van der Waals surface area contributed by atoms with Crippen LogP contribution in [0, 0.1) is 12.3 Å². The third-order valence-electron chi connectivity index (χ3n) is 1.68. The van der Waals surface area contributed by atoms with Gasteiger partial charge in [0.15, 0.2) is 0 Å². The summed E-state index contributed by atoms with van der Waals surface area (Å²) in [5.41, 5.74) is 0.660. The number of hydrogen-bond donors (Lipinski definition) is 1. The molecular weight excluding hydrogens is 342 g/mol. The van der Waals surface area contributed by atoms with E-state index in [0.717, 1.165) is 14.0 Å². The van der Waals surface area contributed by atoms with Crippen LogP contribution >= 0.6 is 43.2 Å². The monoisotopic (exact) mass is 349 g/mol. The molecule has 0 atom stereocenters. The number of carbonyl (C=O) groups excluding carboxylic acids is 1. The molecule has 1 N–H and O–H groups in total. The van der Waals surface area contributed by atoms with Crippen molar-refractivity contribution in [3.8, 4) is 12.3 Å². The zero-order valence-corrected chi connectivity index (χ0v) is 11.8. The van der Waals surface area contributed by atoms with Gasteiger partial charge >= 0.3 is 0 Å². The second kappa shape index (κ2) is 6.31. The third kappa shape index (κ3) is 3.98. The van der Waals surface area contributed by atoms with E-state index < -0.39 is 0 Å². The SMILES string of the molecule is C#CCCCNC(=O)c1cc(Br)sc1Br. The molecule has 1 heterocycles. The van der Waals surface area contributed by atoms with E-state index in [2.05, 4.69) is 43.1 Å². The Bertz CT molecular complexity index is 395. The maximum atomic E-state index is 11.6. The molecule has 1 rings (SSSR count). The number of terminal acetylenes is 1. The fraction of sp³-hybridized carbons (Fsp3) is 0.300. The summed E-state index contributed by atoms with van der Waals surface area (Å²) in [6.45, 7) is 0.614. The van der Waals surface area contributed by atoms with E-state index in [-0.39, 0.29) is 5.91 Å². The molecule has 0 aliphatic heterocycles. The summed E-state index contributed by atoms with van der Waals surface area (Å²) in [6, 6.07) is 1.80. The second-order valence-corrected chi connectivity index (χ2v) is 6.55. The summed E-state index contributed by atoms with van der Waals surface area (Å²) in [7, 11) is 0. The molecule has 0 bridgehead atoms. The summed E-state index contributed by atoms with van der Waals surface area (Å²) in [4.78, 5) is 11.6. The predicted octanol–water partition coefficient (Wildman–Crippen LogP) is 3.42. The van der Waals surface area contributed by atoms with Crippen molar-refractivity contribution >= 4 is 49.1 Å². The summed E-state index contributed by atoms with van der Waals surface area (Å²) < 4.78 is 1.77. The van der Waals surface area contributed by atoms with Crippen molar-refractivity contribution in [2.45, 2.75) is 12.8 Å². The van der Waals surface area contributed by atoms with Crippen LogP contribution in [0.2, 0.25) is 0 Å². The van der Waals surface area contributed by atoms with Gasteiger partial charge in [0.25, 0.3) is 5.91 Å². The van der Waals surface area contributed by atoms with E-state index in [9.17, 15) is 4.79 Å². The summed E-state index contributed by atoms with van der Waals surface area (Å²) in [5.74, 6) is 2.46. The number of hydrogen-bond acceptors (Lipinski definition) is 2. The summed E-state index contributed by atoms with van der Waals surface area (Å²) in [6.07, 6.45) is 6.61. The number of halogens is 2. The Morgan fingerprint density at radius 1 is 1.60 bits per heavy atom. The van der Waals surface area contributed by atoms with Crippen LogP contribution in [-0.2, 0) is 0 Å². The molecule has 0 aromatic carbocycles. The van der Waals surface area contributed by atoms with E-state index in [1.165, 1.54) is 11.3 Å². The summed E-state index contributed by atoms with van der Waals surface area (Å²) >= 11 is 8.14. The lowest BCUT2D eigenvalue weighted by Gasteiger charge is -2.01. The number of nitrogens with one attached hydrogen (secondary N) is 1. The maximum absolute atomic E-state index is 11.6. The second-order valence-electron chi connectivity index (χ2n) is 2.80. The van der Waals surface area contributed by atoms with Crippen molar-refractivity contribution in [1.29, 1.82) is 0 Å². The van der Waals surface area contributed by atoms with E-state index in [4.69, 9.17) is 6.42 Å². The minimum Gasteiger partial charge on any atom is -0.352 e.